The fourth-order valence-electron chi connectivity index (χ4n) is 1.11. The average Bonchev–Trinajstić information content (AvgIpc) is 2.33. The van der Waals surface area contributed by atoms with Gasteiger partial charge in [-0.2, -0.15) is 0 Å². The number of rotatable bonds is 3. The molecule has 0 bridgehead atoms. The highest BCUT2D eigenvalue weighted by molar-refractivity contribution is 5.74. The lowest BCUT2D eigenvalue weighted by atomic mass is 10.3. The number of hydrogen-bond donors (Lipinski definition) is 0. The number of aromatic nitrogens is 1. The normalized spacial score (nSPS) is 10.0. The third kappa shape index (κ3) is 1.70. The number of carbonyl (C=O) groups excluding carboxylic acids is 1. The van der Waals surface area contributed by atoms with Crippen molar-refractivity contribution >= 4 is 6.29 Å². The molecular formula is C9H12NO. The second-order valence-corrected chi connectivity index (χ2v) is 2.61. The van der Waals surface area contributed by atoms with E-state index in [0.29, 0.717) is 5.56 Å². The van der Waals surface area contributed by atoms with E-state index in [4.69, 9.17) is 0 Å². The Labute approximate surface area is 66.8 Å². The molecule has 0 aliphatic heterocycles. The predicted molar refractivity (Wildman–Crippen MR) is 43.7 cm³/mol. The van der Waals surface area contributed by atoms with Crippen LogP contribution in [0.4, 0.5) is 0 Å². The van der Waals surface area contributed by atoms with E-state index < -0.39 is 0 Å². The number of carbonyl (C=O) groups is 1. The number of nitrogens with zero attached hydrogens (tertiary/aromatic N) is 1. The largest absolute Gasteiger partial charge is 0.350 e. The summed E-state index contributed by atoms with van der Waals surface area (Å²) in [6.07, 6.45) is 3.76. The molecule has 2 nitrogen and oxygen atoms in total. The molecular weight excluding hydrogens is 138 g/mol. The van der Waals surface area contributed by atoms with E-state index in [-0.39, 0.29) is 0 Å². The van der Waals surface area contributed by atoms with Gasteiger partial charge in [0.2, 0.25) is 0 Å². The van der Waals surface area contributed by atoms with Gasteiger partial charge in [0, 0.05) is 30.1 Å². The Balaban J connectivity index is 2.87. The van der Waals surface area contributed by atoms with Crippen molar-refractivity contribution in [3.05, 3.63) is 23.5 Å². The quantitative estimate of drug-likeness (QED) is 0.602. The van der Waals surface area contributed by atoms with Crippen molar-refractivity contribution in [3.63, 3.8) is 0 Å². The SMILES string of the molecule is CCCn1cc(C=O)[c]c1C. The topological polar surface area (TPSA) is 22.0 Å². The minimum Gasteiger partial charge on any atom is -0.350 e. The second-order valence-electron chi connectivity index (χ2n) is 2.61. The predicted octanol–water partition coefficient (Wildman–Crippen LogP) is 1.82. The van der Waals surface area contributed by atoms with Crippen LogP contribution in [0.3, 0.4) is 0 Å². The van der Waals surface area contributed by atoms with Gasteiger partial charge in [0.05, 0.1) is 0 Å². The first-order valence-electron chi connectivity index (χ1n) is 3.82. The van der Waals surface area contributed by atoms with E-state index in [2.05, 4.69) is 13.0 Å². The summed E-state index contributed by atoms with van der Waals surface area (Å²) in [6, 6.07) is 2.97. The van der Waals surface area contributed by atoms with Gasteiger partial charge in [-0.25, -0.2) is 0 Å². The Kier molecular flexibility index (Phi) is 2.47. The van der Waals surface area contributed by atoms with E-state index in [0.717, 1.165) is 24.9 Å². The zero-order valence-electron chi connectivity index (χ0n) is 6.92. The highest BCUT2D eigenvalue weighted by Gasteiger charge is 1.99. The highest BCUT2D eigenvalue weighted by Crippen LogP contribution is 2.04. The van der Waals surface area contributed by atoms with Gasteiger partial charge in [0.1, 0.15) is 0 Å². The monoisotopic (exact) mass is 150 g/mol. The van der Waals surface area contributed by atoms with Crippen LogP contribution in [0.5, 0.6) is 0 Å². The standard InChI is InChI=1S/C9H12NO/c1-3-4-10-6-9(7-11)5-8(10)2/h6-7H,3-4H2,1-2H3. The van der Waals surface area contributed by atoms with E-state index in [9.17, 15) is 4.79 Å². The Morgan fingerprint density at radius 1 is 1.73 bits per heavy atom. The number of aldehydes is 1. The molecule has 0 spiro atoms. The van der Waals surface area contributed by atoms with Gasteiger partial charge in [0.25, 0.3) is 0 Å². The first kappa shape index (κ1) is 8.05. The first-order chi connectivity index (χ1) is 5.27. The summed E-state index contributed by atoms with van der Waals surface area (Å²) in [6.45, 7) is 5.04. The van der Waals surface area contributed by atoms with Gasteiger partial charge in [-0.05, 0) is 13.3 Å². The van der Waals surface area contributed by atoms with E-state index in [1.807, 2.05) is 17.7 Å². The maximum absolute atomic E-state index is 10.3. The molecule has 0 aliphatic rings. The molecule has 0 amide bonds. The van der Waals surface area contributed by atoms with Gasteiger partial charge in [-0.3, -0.25) is 4.79 Å². The smallest absolute Gasteiger partial charge is 0.152 e. The van der Waals surface area contributed by atoms with Crippen LogP contribution in [0.15, 0.2) is 6.20 Å². The van der Waals surface area contributed by atoms with Crippen molar-refractivity contribution in [2.45, 2.75) is 26.8 Å². The molecule has 1 aromatic rings. The number of hydrogen-bond acceptors (Lipinski definition) is 1. The zero-order valence-corrected chi connectivity index (χ0v) is 6.92. The fraction of sp³-hybridized carbons (Fsp3) is 0.444. The van der Waals surface area contributed by atoms with Gasteiger partial charge in [-0.15, -0.1) is 0 Å². The van der Waals surface area contributed by atoms with Crippen LogP contribution in [-0.2, 0) is 6.54 Å². The molecule has 2 heteroatoms. The van der Waals surface area contributed by atoms with Gasteiger partial charge in [-0.1, -0.05) is 6.92 Å². The van der Waals surface area contributed by atoms with Crippen molar-refractivity contribution in [2.24, 2.45) is 0 Å². The summed E-state index contributed by atoms with van der Waals surface area (Å²) in [7, 11) is 0. The van der Waals surface area contributed by atoms with E-state index in [1.165, 1.54) is 0 Å². The Bertz CT molecular complexity index is 250. The van der Waals surface area contributed by atoms with Crippen LogP contribution in [-0.4, -0.2) is 10.9 Å². The molecule has 0 aromatic carbocycles. The molecule has 1 heterocycles. The molecule has 59 valence electrons. The van der Waals surface area contributed by atoms with Crippen LogP contribution in [0.25, 0.3) is 0 Å². The van der Waals surface area contributed by atoms with Crippen molar-refractivity contribution in [3.8, 4) is 0 Å². The fourth-order valence-corrected chi connectivity index (χ4v) is 1.11. The second kappa shape index (κ2) is 3.37. The molecule has 1 aromatic heterocycles. The lowest BCUT2D eigenvalue weighted by Gasteiger charge is -2.00. The van der Waals surface area contributed by atoms with Crippen molar-refractivity contribution in [2.75, 3.05) is 0 Å². The molecule has 0 atom stereocenters. The number of aryl methyl sites for hydroxylation is 2. The molecule has 0 saturated carbocycles. The van der Waals surface area contributed by atoms with Gasteiger partial charge >= 0.3 is 0 Å². The van der Waals surface area contributed by atoms with Crippen LogP contribution < -0.4 is 0 Å². The van der Waals surface area contributed by atoms with Gasteiger partial charge in [0.15, 0.2) is 6.29 Å². The molecule has 11 heavy (non-hydrogen) atoms. The minimum atomic E-state index is 0.649. The highest BCUT2D eigenvalue weighted by atomic mass is 16.1. The summed E-state index contributed by atoms with van der Waals surface area (Å²) < 4.78 is 2.05. The summed E-state index contributed by atoms with van der Waals surface area (Å²) in [5, 5.41) is 0. The average molecular weight is 150 g/mol. The lowest BCUT2D eigenvalue weighted by molar-refractivity contribution is 0.112. The third-order valence-electron chi connectivity index (χ3n) is 1.64. The molecule has 0 saturated heterocycles. The first-order valence-corrected chi connectivity index (χ1v) is 3.82. The summed E-state index contributed by atoms with van der Waals surface area (Å²) in [5.74, 6) is 0. The van der Waals surface area contributed by atoms with Crippen LogP contribution in [0.1, 0.15) is 29.4 Å². The van der Waals surface area contributed by atoms with Crippen LogP contribution in [0.2, 0.25) is 0 Å². The van der Waals surface area contributed by atoms with Crippen molar-refractivity contribution in [1.29, 1.82) is 0 Å². The van der Waals surface area contributed by atoms with Crippen LogP contribution >= 0.6 is 0 Å². The Morgan fingerprint density at radius 3 is 2.91 bits per heavy atom. The third-order valence-corrected chi connectivity index (χ3v) is 1.64. The molecule has 0 N–H and O–H groups in total. The minimum absolute atomic E-state index is 0.649. The molecule has 0 fully saturated rings. The van der Waals surface area contributed by atoms with E-state index in [1.54, 1.807) is 0 Å². The van der Waals surface area contributed by atoms with Gasteiger partial charge < -0.3 is 4.57 Å². The Hall–Kier alpha value is -1.05. The Morgan fingerprint density at radius 2 is 2.45 bits per heavy atom. The maximum Gasteiger partial charge on any atom is 0.152 e. The van der Waals surface area contributed by atoms with E-state index >= 15 is 0 Å². The summed E-state index contributed by atoms with van der Waals surface area (Å²) >= 11 is 0. The zero-order chi connectivity index (χ0) is 8.27. The van der Waals surface area contributed by atoms with Crippen molar-refractivity contribution in [1.82, 2.24) is 4.57 Å². The van der Waals surface area contributed by atoms with Crippen LogP contribution in [0, 0.1) is 13.0 Å². The molecule has 0 aliphatic carbocycles. The van der Waals surface area contributed by atoms with Crippen molar-refractivity contribution < 1.29 is 4.79 Å². The summed E-state index contributed by atoms with van der Waals surface area (Å²) in [4.78, 5) is 10.3. The molecule has 0 unspecified atom stereocenters. The molecule has 1 radical (unpaired) electrons. The summed E-state index contributed by atoms with van der Waals surface area (Å²) in [5.41, 5.74) is 1.69. The lowest BCUT2D eigenvalue weighted by Crippen LogP contribution is -1.95. The maximum atomic E-state index is 10.3. The molecule has 1 rings (SSSR count).